The summed E-state index contributed by atoms with van der Waals surface area (Å²) in [4.78, 5) is 26.3. The Balaban J connectivity index is 1.30. The predicted molar refractivity (Wildman–Crippen MR) is 125 cm³/mol. The maximum Gasteiger partial charge on any atom is 0.348 e. The summed E-state index contributed by atoms with van der Waals surface area (Å²) in [6, 6.07) is 12.0. The van der Waals surface area contributed by atoms with E-state index in [1.165, 1.54) is 12.5 Å². The van der Waals surface area contributed by atoms with E-state index in [2.05, 4.69) is 10.5 Å². The number of piperidine rings is 3. The highest BCUT2D eigenvalue weighted by Crippen LogP contribution is 2.38. The molecule has 2 atom stereocenters. The number of amides is 1. The van der Waals surface area contributed by atoms with Gasteiger partial charge in [-0.3, -0.25) is 4.79 Å². The number of carbonyl (C=O) groups is 2. The van der Waals surface area contributed by atoms with Crippen LogP contribution >= 0.6 is 0 Å². The van der Waals surface area contributed by atoms with Crippen LogP contribution in [0.5, 0.6) is 0 Å². The molecule has 6 rings (SSSR count). The number of esters is 1. The summed E-state index contributed by atoms with van der Waals surface area (Å²) < 4.78 is 16.9. The maximum atomic E-state index is 13.5. The Morgan fingerprint density at radius 1 is 1.20 bits per heavy atom. The number of carbonyl (C=O) groups excluding carboxylic acids is 2. The number of nitrogens with zero attached hydrogens (tertiary/aromatic N) is 2. The summed E-state index contributed by atoms with van der Waals surface area (Å²) in [5, 5.41) is 18.3. The summed E-state index contributed by atoms with van der Waals surface area (Å²) in [7, 11) is 0. The molecule has 3 aromatic rings. The molecular weight excluding hydrogens is 450 g/mol. The third kappa shape index (κ3) is 4.49. The van der Waals surface area contributed by atoms with Gasteiger partial charge in [-0.15, -0.1) is 0 Å². The normalized spacial score (nSPS) is 25.1. The van der Waals surface area contributed by atoms with Crippen molar-refractivity contribution >= 4 is 17.7 Å². The fourth-order valence-electron chi connectivity index (χ4n) is 5.38. The zero-order valence-electron chi connectivity index (χ0n) is 19.7. The van der Waals surface area contributed by atoms with Gasteiger partial charge >= 0.3 is 5.97 Å². The Kier molecular flexibility index (Phi) is 6.21. The SMILES string of the molecule is CCc1cc(NC(=O)C[N+]23CCC(CC2)C(OC(=O)C(O)(c2ccccc2)c2ccoc2)C3)no1. The zero-order valence-corrected chi connectivity index (χ0v) is 19.7. The molecule has 5 heterocycles. The van der Waals surface area contributed by atoms with Gasteiger partial charge in [0.05, 0.1) is 25.6 Å². The molecule has 1 amide bonds. The van der Waals surface area contributed by atoms with Crippen molar-refractivity contribution in [3.05, 3.63) is 71.9 Å². The van der Waals surface area contributed by atoms with Gasteiger partial charge in [0.15, 0.2) is 18.5 Å². The predicted octanol–water partition coefficient (Wildman–Crippen LogP) is 2.86. The fraction of sp³-hybridized carbons (Fsp3) is 0.423. The molecule has 0 aliphatic carbocycles. The average molecular weight is 481 g/mol. The molecule has 2 aromatic heterocycles. The number of rotatable bonds is 8. The Morgan fingerprint density at radius 2 is 1.97 bits per heavy atom. The first-order valence-electron chi connectivity index (χ1n) is 12.0. The molecule has 1 aromatic carbocycles. The van der Waals surface area contributed by atoms with Gasteiger partial charge in [-0.2, -0.15) is 0 Å². The first-order valence-corrected chi connectivity index (χ1v) is 12.0. The Bertz CT molecular complexity index is 1170. The lowest BCUT2D eigenvalue weighted by molar-refractivity contribution is -0.939. The van der Waals surface area contributed by atoms with Crippen LogP contribution in [0.25, 0.3) is 0 Å². The topological polar surface area (TPSA) is 115 Å². The van der Waals surface area contributed by atoms with Gasteiger partial charge in [0, 0.05) is 36.8 Å². The van der Waals surface area contributed by atoms with Gasteiger partial charge in [0.1, 0.15) is 12.3 Å². The van der Waals surface area contributed by atoms with E-state index in [-0.39, 0.29) is 18.4 Å². The highest BCUT2D eigenvalue weighted by atomic mass is 16.6. The Labute approximate surface area is 203 Å². The van der Waals surface area contributed by atoms with E-state index < -0.39 is 17.7 Å². The van der Waals surface area contributed by atoms with Gasteiger partial charge in [-0.1, -0.05) is 42.4 Å². The molecular formula is C26H30N3O6+. The summed E-state index contributed by atoms with van der Waals surface area (Å²) in [5.74, 6) is 0.440. The van der Waals surface area contributed by atoms with Crippen LogP contribution in [-0.4, -0.2) is 58.9 Å². The van der Waals surface area contributed by atoms with Gasteiger partial charge in [0.2, 0.25) is 5.60 Å². The van der Waals surface area contributed by atoms with Crippen LogP contribution in [0.2, 0.25) is 0 Å². The van der Waals surface area contributed by atoms with Crippen LogP contribution in [0.1, 0.15) is 36.7 Å². The zero-order chi connectivity index (χ0) is 24.5. The van der Waals surface area contributed by atoms with Crippen LogP contribution in [0.3, 0.4) is 0 Å². The van der Waals surface area contributed by atoms with E-state index in [1.807, 2.05) is 13.0 Å². The van der Waals surface area contributed by atoms with E-state index in [0.29, 0.717) is 40.2 Å². The van der Waals surface area contributed by atoms with Crippen molar-refractivity contribution in [2.45, 2.75) is 37.9 Å². The van der Waals surface area contributed by atoms with E-state index in [9.17, 15) is 14.7 Å². The van der Waals surface area contributed by atoms with Crippen LogP contribution in [-0.2, 0) is 26.3 Å². The van der Waals surface area contributed by atoms with Crippen LogP contribution in [0, 0.1) is 5.92 Å². The van der Waals surface area contributed by atoms with Crippen LogP contribution in [0.4, 0.5) is 5.82 Å². The molecule has 9 heteroatoms. The number of aliphatic hydroxyl groups is 1. The highest BCUT2D eigenvalue weighted by Gasteiger charge is 2.51. The van der Waals surface area contributed by atoms with Gasteiger partial charge in [-0.25, -0.2) is 4.79 Å². The number of ether oxygens (including phenoxy) is 1. The summed E-state index contributed by atoms with van der Waals surface area (Å²) >= 11 is 0. The fourth-order valence-corrected chi connectivity index (χ4v) is 5.38. The molecule has 2 N–H and O–H groups in total. The van der Waals surface area contributed by atoms with Crippen molar-refractivity contribution in [2.75, 3.05) is 31.5 Å². The smallest absolute Gasteiger partial charge is 0.348 e. The number of furan rings is 1. The number of hydrogen-bond acceptors (Lipinski definition) is 7. The van der Waals surface area contributed by atoms with Gasteiger partial charge in [0.25, 0.3) is 5.91 Å². The third-order valence-corrected chi connectivity index (χ3v) is 7.38. The maximum absolute atomic E-state index is 13.5. The first kappa shape index (κ1) is 23.3. The molecule has 0 radical (unpaired) electrons. The number of benzene rings is 1. The second-order valence-corrected chi connectivity index (χ2v) is 9.58. The molecule has 35 heavy (non-hydrogen) atoms. The highest BCUT2D eigenvalue weighted by molar-refractivity contribution is 5.90. The molecule has 184 valence electrons. The minimum Gasteiger partial charge on any atom is -0.472 e. The van der Waals surface area contributed by atoms with Gasteiger partial charge < -0.3 is 28.6 Å². The molecule has 0 saturated carbocycles. The molecule has 3 aliphatic heterocycles. The summed E-state index contributed by atoms with van der Waals surface area (Å²) in [6.45, 7) is 4.43. The van der Waals surface area contributed by atoms with Gasteiger partial charge in [-0.05, 0) is 11.6 Å². The quantitative estimate of drug-likeness (QED) is 0.376. The van der Waals surface area contributed by atoms with E-state index in [1.54, 1.807) is 36.4 Å². The average Bonchev–Trinajstić information content (AvgIpc) is 3.57. The van der Waals surface area contributed by atoms with E-state index in [4.69, 9.17) is 13.7 Å². The Hall–Kier alpha value is -3.43. The number of quaternary nitrogens is 1. The van der Waals surface area contributed by atoms with Crippen LogP contribution < -0.4 is 5.32 Å². The monoisotopic (exact) mass is 480 g/mol. The molecule has 3 fully saturated rings. The minimum atomic E-state index is -1.98. The van der Waals surface area contributed by atoms with Crippen molar-refractivity contribution < 1.29 is 32.9 Å². The number of anilines is 1. The molecule has 2 bridgehead atoms. The standard InChI is InChI=1S/C26H29N3O6/c1-2-21-14-23(28-35-21)27-24(30)16-29-11-8-18(9-12-29)22(15-29)34-25(31)26(32,20-10-13-33-17-20)19-6-4-3-5-7-19/h3-7,10,13-14,17-18,22,32H,2,8-9,11-12,15-16H2,1H3/p+1. The van der Waals surface area contributed by atoms with Crippen LogP contribution in [0.15, 0.2) is 63.9 Å². The number of fused-ring (bicyclic) bond motifs is 3. The molecule has 9 nitrogen and oxygen atoms in total. The minimum absolute atomic E-state index is 0.148. The van der Waals surface area contributed by atoms with Crippen molar-refractivity contribution in [3.8, 4) is 0 Å². The van der Waals surface area contributed by atoms with E-state index >= 15 is 0 Å². The van der Waals surface area contributed by atoms with Crippen molar-refractivity contribution in [1.29, 1.82) is 0 Å². The molecule has 0 spiro atoms. The number of nitrogens with one attached hydrogen (secondary N) is 1. The van der Waals surface area contributed by atoms with Crippen molar-refractivity contribution in [3.63, 3.8) is 0 Å². The van der Waals surface area contributed by atoms with E-state index in [0.717, 1.165) is 25.9 Å². The largest absolute Gasteiger partial charge is 0.472 e. The van der Waals surface area contributed by atoms with Crippen molar-refractivity contribution in [1.82, 2.24) is 5.16 Å². The lowest BCUT2D eigenvalue weighted by Crippen LogP contribution is -2.66. The second-order valence-electron chi connectivity index (χ2n) is 9.58. The number of aryl methyl sites for hydroxylation is 1. The molecule has 2 unspecified atom stereocenters. The second kappa shape index (κ2) is 9.31. The summed E-state index contributed by atoms with van der Waals surface area (Å²) in [6.07, 6.45) is 4.79. The molecule has 3 saturated heterocycles. The molecule has 3 aliphatic rings. The van der Waals surface area contributed by atoms with Crippen molar-refractivity contribution in [2.24, 2.45) is 5.92 Å². The first-order chi connectivity index (χ1) is 16.9. The lowest BCUT2D eigenvalue weighted by Gasteiger charge is -2.51. The number of aromatic nitrogens is 1. The number of hydrogen-bond donors (Lipinski definition) is 2. The lowest BCUT2D eigenvalue weighted by atomic mass is 9.82. The Morgan fingerprint density at radius 3 is 2.63 bits per heavy atom. The summed E-state index contributed by atoms with van der Waals surface area (Å²) in [5.41, 5.74) is -1.25. The third-order valence-electron chi connectivity index (χ3n) is 7.38.